The summed E-state index contributed by atoms with van der Waals surface area (Å²) >= 11 is 0. The van der Waals surface area contributed by atoms with Gasteiger partial charge >= 0.3 is 0 Å². The molecule has 0 aromatic carbocycles. The van der Waals surface area contributed by atoms with Crippen LogP contribution in [-0.4, -0.2) is 44.9 Å². The summed E-state index contributed by atoms with van der Waals surface area (Å²) in [6, 6.07) is 0. The van der Waals surface area contributed by atoms with Gasteiger partial charge in [-0.25, -0.2) is 0 Å². The van der Waals surface area contributed by atoms with Gasteiger partial charge in [0.15, 0.2) is 6.29 Å². The van der Waals surface area contributed by atoms with Crippen LogP contribution in [0, 0.1) is 5.92 Å². The quantitative estimate of drug-likeness (QED) is 0.630. The first-order valence-electron chi connectivity index (χ1n) is 4.82. The Labute approximate surface area is 84.5 Å². The zero-order chi connectivity index (χ0) is 10.7. The zero-order valence-corrected chi connectivity index (χ0v) is 9.10. The molecule has 0 bridgehead atoms. The number of aldehydes is 1. The number of hydrogen-bond acceptors (Lipinski definition) is 4. The number of carbonyl (C=O) groups is 1. The van der Waals surface area contributed by atoms with Crippen molar-refractivity contribution in [2.45, 2.75) is 38.3 Å². The minimum atomic E-state index is -0.517. The molecular formula is C10H18O4. The van der Waals surface area contributed by atoms with E-state index < -0.39 is 6.10 Å². The average molecular weight is 202 g/mol. The summed E-state index contributed by atoms with van der Waals surface area (Å²) < 4.78 is 16.1. The van der Waals surface area contributed by atoms with Crippen molar-refractivity contribution in [3.8, 4) is 0 Å². The molecule has 0 saturated carbocycles. The molecule has 0 aliphatic carbocycles. The summed E-state index contributed by atoms with van der Waals surface area (Å²) in [7, 11) is 3.20. The Hall–Kier alpha value is -0.450. The highest BCUT2D eigenvalue weighted by Crippen LogP contribution is 2.28. The fourth-order valence-electron chi connectivity index (χ4n) is 1.93. The van der Waals surface area contributed by atoms with Crippen LogP contribution >= 0.6 is 0 Å². The lowest BCUT2D eigenvalue weighted by Crippen LogP contribution is -2.54. The molecule has 4 nitrogen and oxygen atoms in total. The predicted molar refractivity (Wildman–Crippen MR) is 51.2 cm³/mol. The third kappa shape index (κ3) is 1.97. The van der Waals surface area contributed by atoms with Crippen molar-refractivity contribution >= 4 is 6.29 Å². The van der Waals surface area contributed by atoms with Gasteiger partial charge in [0.1, 0.15) is 12.2 Å². The van der Waals surface area contributed by atoms with E-state index in [4.69, 9.17) is 14.2 Å². The van der Waals surface area contributed by atoms with Crippen LogP contribution < -0.4 is 0 Å². The topological polar surface area (TPSA) is 44.8 Å². The first-order chi connectivity index (χ1) is 6.65. The largest absolute Gasteiger partial charge is 0.378 e. The summed E-state index contributed by atoms with van der Waals surface area (Å²) in [5, 5.41) is 0. The van der Waals surface area contributed by atoms with Crippen molar-refractivity contribution in [3.63, 3.8) is 0 Å². The molecule has 0 spiro atoms. The normalized spacial score (nSPS) is 43.6. The molecule has 1 heterocycles. The van der Waals surface area contributed by atoms with Crippen LogP contribution in [0.2, 0.25) is 0 Å². The van der Waals surface area contributed by atoms with Crippen molar-refractivity contribution in [2.75, 3.05) is 14.2 Å². The Morgan fingerprint density at radius 1 is 1.14 bits per heavy atom. The number of rotatable bonds is 3. The summed E-state index contributed by atoms with van der Waals surface area (Å²) in [5.41, 5.74) is 0. The molecule has 0 aromatic heterocycles. The number of hydrogen-bond donors (Lipinski definition) is 0. The lowest BCUT2D eigenvalue weighted by Gasteiger charge is -2.41. The molecule has 1 rings (SSSR count). The molecular weight excluding hydrogens is 184 g/mol. The Kier molecular flexibility index (Phi) is 4.04. The van der Waals surface area contributed by atoms with Crippen molar-refractivity contribution in [1.82, 2.24) is 0 Å². The fourth-order valence-corrected chi connectivity index (χ4v) is 1.93. The van der Waals surface area contributed by atoms with E-state index in [0.29, 0.717) is 0 Å². The molecule has 5 unspecified atom stereocenters. The van der Waals surface area contributed by atoms with E-state index in [1.807, 2.05) is 13.8 Å². The SMILES string of the molecule is COC1C(C=O)OC(C)C(C)C1OC. The van der Waals surface area contributed by atoms with E-state index in [-0.39, 0.29) is 24.2 Å². The molecule has 82 valence electrons. The molecule has 0 aromatic rings. The van der Waals surface area contributed by atoms with E-state index >= 15 is 0 Å². The van der Waals surface area contributed by atoms with Crippen LogP contribution in [0.3, 0.4) is 0 Å². The van der Waals surface area contributed by atoms with Gasteiger partial charge in [0.2, 0.25) is 0 Å². The van der Waals surface area contributed by atoms with Crippen LogP contribution in [0.4, 0.5) is 0 Å². The highest BCUT2D eigenvalue weighted by molar-refractivity contribution is 5.57. The third-order valence-electron chi connectivity index (χ3n) is 2.96. The Morgan fingerprint density at radius 2 is 1.71 bits per heavy atom. The molecule has 14 heavy (non-hydrogen) atoms. The first-order valence-corrected chi connectivity index (χ1v) is 4.82. The Bertz CT molecular complexity index is 195. The summed E-state index contributed by atoms with van der Waals surface area (Å²) in [5.74, 6) is 0.223. The van der Waals surface area contributed by atoms with Crippen molar-refractivity contribution in [2.24, 2.45) is 5.92 Å². The Balaban J connectivity index is 2.80. The van der Waals surface area contributed by atoms with Crippen LogP contribution in [0.5, 0.6) is 0 Å². The van der Waals surface area contributed by atoms with E-state index in [9.17, 15) is 4.79 Å². The second kappa shape index (κ2) is 4.87. The highest BCUT2D eigenvalue weighted by Gasteiger charge is 2.42. The van der Waals surface area contributed by atoms with Crippen LogP contribution in [0.15, 0.2) is 0 Å². The minimum Gasteiger partial charge on any atom is -0.378 e. The van der Waals surface area contributed by atoms with E-state index in [1.165, 1.54) is 0 Å². The second-order valence-electron chi connectivity index (χ2n) is 3.70. The molecule has 0 radical (unpaired) electrons. The van der Waals surface area contributed by atoms with Crippen LogP contribution in [0.25, 0.3) is 0 Å². The van der Waals surface area contributed by atoms with Crippen LogP contribution in [0.1, 0.15) is 13.8 Å². The predicted octanol–water partition coefficient (Wildman–Crippen LogP) is 0.639. The van der Waals surface area contributed by atoms with Gasteiger partial charge in [0, 0.05) is 20.1 Å². The summed E-state index contributed by atoms with van der Waals surface area (Å²) in [4.78, 5) is 10.8. The van der Waals surface area contributed by atoms with E-state index in [1.54, 1.807) is 14.2 Å². The molecule has 1 fully saturated rings. The molecule has 1 aliphatic rings. The van der Waals surface area contributed by atoms with Crippen molar-refractivity contribution < 1.29 is 19.0 Å². The van der Waals surface area contributed by atoms with Gasteiger partial charge in [-0.3, -0.25) is 0 Å². The Morgan fingerprint density at radius 3 is 2.14 bits per heavy atom. The van der Waals surface area contributed by atoms with Crippen molar-refractivity contribution in [1.29, 1.82) is 0 Å². The lowest BCUT2D eigenvalue weighted by molar-refractivity contribution is -0.202. The fraction of sp³-hybridized carbons (Fsp3) is 0.900. The van der Waals surface area contributed by atoms with Crippen LogP contribution in [-0.2, 0) is 19.0 Å². The lowest BCUT2D eigenvalue weighted by atomic mass is 9.89. The van der Waals surface area contributed by atoms with Gasteiger partial charge in [-0.15, -0.1) is 0 Å². The number of ether oxygens (including phenoxy) is 3. The molecule has 4 heteroatoms. The maximum Gasteiger partial charge on any atom is 0.151 e. The summed E-state index contributed by atoms with van der Waals surface area (Å²) in [6.07, 6.45) is -0.108. The van der Waals surface area contributed by atoms with Gasteiger partial charge in [-0.2, -0.15) is 0 Å². The summed E-state index contributed by atoms with van der Waals surface area (Å²) in [6.45, 7) is 3.98. The smallest absolute Gasteiger partial charge is 0.151 e. The van der Waals surface area contributed by atoms with Gasteiger partial charge in [-0.05, 0) is 6.92 Å². The molecule has 0 N–H and O–H groups in total. The average Bonchev–Trinajstić information content (AvgIpc) is 2.20. The second-order valence-corrected chi connectivity index (χ2v) is 3.70. The van der Waals surface area contributed by atoms with Gasteiger partial charge in [0.05, 0.1) is 12.2 Å². The standard InChI is InChI=1S/C10H18O4/c1-6-7(2)14-8(5-11)10(13-4)9(6)12-3/h5-10H,1-4H3. The number of methoxy groups -OCH3 is 2. The maximum atomic E-state index is 10.8. The van der Waals surface area contributed by atoms with E-state index in [2.05, 4.69) is 0 Å². The highest BCUT2D eigenvalue weighted by atomic mass is 16.6. The molecule has 5 atom stereocenters. The van der Waals surface area contributed by atoms with Gasteiger partial charge in [0.25, 0.3) is 0 Å². The van der Waals surface area contributed by atoms with Crippen molar-refractivity contribution in [3.05, 3.63) is 0 Å². The monoisotopic (exact) mass is 202 g/mol. The van der Waals surface area contributed by atoms with E-state index in [0.717, 1.165) is 6.29 Å². The zero-order valence-electron chi connectivity index (χ0n) is 9.10. The molecule has 1 aliphatic heterocycles. The first kappa shape index (κ1) is 11.6. The van der Waals surface area contributed by atoms with Gasteiger partial charge < -0.3 is 19.0 Å². The number of carbonyl (C=O) groups excluding carboxylic acids is 1. The molecule has 0 amide bonds. The minimum absolute atomic E-state index is 0.0153. The molecule has 1 saturated heterocycles. The maximum absolute atomic E-state index is 10.8. The third-order valence-corrected chi connectivity index (χ3v) is 2.96. The van der Waals surface area contributed by atoms with Gasteiger partial charge in [-0.1, -0.05) is 6.92 Å².